The average Bonchev–Trinajstić information content (AvgIpc) is 2.45. The zero-order chi connectivity index (χ0) is 14.5. The highest BCUT2D eigenvalue weighted by atomic mass is 16.5. The van der Waals surface area contributed by atoms with Crippen molar-refractivity contribution in [3.8, 4) is 17.0 Å². The van der Waals surface area contributed by atoms with Crippen LogP contribution in [0.2, 0.25) is 0 Å². The average molecular weight is 272 g/mol. The molecule has 20 heavy (non-hydrogen) atoms. The molecule has 0 aliphatic carbocycles. The first-order valence-corrected chi connectivity index (χ1v) is 6.29. The molecule has 1 aromatic heterocycles. The fourth-order valence-electron chi connectivity index (χ4n) is 1.72. The van der Waals surface area contributed by atoms with E-state index in [4.69, 9.17) is 15.9 Å². The molecule has 2 rings (SSSR count). The van der Waals surface area contributed by atoms with Crippen molar-refractivity contribution in [3.05, 3.63) is 46.2 Å². The smallest absolute Gasteiger partial charge is 0.275 e. The summed E-state index contributed by atoms with van der Waals surface area (Å²) in [7, 11) is 0. The van der Waals surface area contributed by atoms with Crippen molar-refractivity contribution < 1.29 is 4.74 Å². The van der Waals surface area contributed by atoms with E-state index < -0.39 is 5.56 Å². The van der Waals surface area contributed by atoms with Crippen LogP contribution in [0, 0.1) is 5.41 Å². The van der Waals surface area contributed by atoms with Gasteiger partial charge in [0.1, 0.15) is 11.6 Å². The molecular weight excluding hydrogens is 256 g/mol. The van der Waals surface area contributed by atoms with Gasteiger partial charge in [0.25, 0.3) is 5.56 Å². The van der Waals surface area contributed by atoms with Crippen LogP contribution >= 0.6 is 0 Å². The number of nitrogen functional groups attached to an aromatic ring is 1. The molecular formula is C14H16N4O2. The van der Waals surface area contributed by atoms with Gasteiger partial charge in [-0.3, -0.25) is 10.2 Å². The summed E-state index contributed by atoms with van der Waals surface area (Å²) in [5.41, 5.74) is 6.33. The van der Waals surface area contributed by atoms with Crippen molar-refractivity contribution in [2.24, 2.45) is 5.73 Å². The summed E-state index contributed by atoms with van der Waals surface area (Å²) in [5, 5.41) is 13.7. The monoisotopic (exact) mass is 272 g/mol. The van der Waals surface area contributed by atoms with Crippen LogP contribution in [0.15, 0.2) is 35.1 Å². The zero-order valence-electron chi connectivity index (χ0n) is 11.1. The number of hydrogen-bond donors (Lipinski definition) is 3. The topological polar surface area (TPSA) is 105 Å². The predicted octanol–water partition coefficient (Wildman–Crippen LogP) is 1.51. The Morgan fingerprint density at radius 3 is 2.95 bits per heavy atom. The zero-order valence-corrected chi connectivity index (χ0v) is 11.1. The molecule has 0 aliphatic rings. The third kappa shape index (κ3) is 3.03. The van der Waals surface area contributed by atoms with Crippen LogP contribution < -0.4 is 16.0 Å². The number of H-pyrrole nitrogens is 1. The summed E-state index contributed by atoms with van der Waals surface area (Å²) in [6.45, 7) is 2.67. The van der Waals surface area contributed by atoms with Crippen molar-refractivity contribution in [3.63, 3.8) is 0 Å². The van der Waals surface area contributed by atoms with Crippen LogP contribution in [-0.4, -0.2) is 22.6 Å². The molecule has 0 spiro atoms. The Bertz CT molecular complexity index is 679. The maximum Gasteiger partial charge on any atom is 0.275 e. The quantitative estimate of drug-likeness (QED) is 0.566. The molecule has 2 aromatic rings. The molecule has 1 heterocycles. The minimum atomic E-state index is -0.473. The lowest BCUT2D eigenvalue weighted by molar-refractivity contribution is 0.317. The van der Waals surface area contributed by atoms with Gasteiger partial charge < -0.3 is 10.5 Å². The van der Waals surface area contributed by atoms with E-state index in [1.165, 1.54) is 6.07 Å². The molecule has 0 bridgehead atoms. The maximum absolute atomic E-state index is 11.5. The molecule has 0 radical (unpaired) electrons. The Morgan fingerprint density at radius 1 is 1.45 bits per heavy atom. The van der Waals surface area contributed by atoms with Crippen LogP contribution in [0.25, 0.3) is 11.3 Å². The van der Waals surface area contributed by atoms with E-state index in [-0.39, 0.29) is 11.4 Å². The number of aromatic amines is 1. The summed E-state index contributed by atoms with van der Waals surface area (Å²) >= 11 is 0. The number of nitrogens with one attached hydrogen (secondary N) is 2. The van der Waals surface area contributed by atoms with E-state index in [9.17, 15) is 4.79 Å². The lowest BCUT2D eigenvalue weighted by atomic mass is 10.1. The van der Waals surface area contributed by atoms with Crippen LogP contribution in [0.1, 0.15) is 18.9 Å². The fraction of sp³-hybridized carbons (Fsp3) is 0.214. The first-order valence-electron chi connectivity index (χ1n) is 6.29. The van der Waals surface area contributed by atoms with Gasteiger partial charge in [-0.25, -0.2) is 5.10 Å². The summed E-state index contributed by atoms with van der Waals surface area (Å²) in [6.07, 6.45) is 0.926. The normalized spacial score (nSPS) is 10.2. The van der Waals surface area contributed by atoms with Gasteiger partial charge in [0.2, 0.25) is 0 Å². The van der Waals surface area contributed by atoms with E-state index >= 15 is 0 Å². The summed E-state index contributed by atoms with van der Waals surface area (Å²) in [5.74, 6) is 0.454. The molecule has 1 aromatic carbocycles. The van der Waals surface area contributed by atoms with E-state index in [0.29, 0.717) is 12.3 Å². The number of aromatic nitrogens is 2. The van der Waals surface area contributed by atoms with Gasteiger partial charge in [0.15, 0.2) is 0 Å². The fourth-order valence-corrected chi connectivity index (χ4v) is 1.72. The molecule has 0 atom stereocenters. The second-order valence-corrected chi connectivity index (χ2v) is 4.29. The standard InChI is InChI=1S/C14H16N4O2/c1-2-6-20-10-5-3-4-9(7-10)12-8-11(13(15)16)14(19)18-17-12/h3-5,7-8H,2,6H2,1H3,(H3,15,16)(H,18,19). The molecule has 0 saturated carbocycles. The highest BCUT2D eigenvalue weighted by Gasteiger charge is 2.08. The van der Waals surface area contributed by atoms with Gasteiger partial charge in [-0.2, -0.15) is 5.10 Å². The summed E-state index contributed by atoms with van der Waals surface area (Å²) in [4.78, 5) is 11.5. The number of nitrogens with two attached hydrogens (primary N) is 1. The molecule has 104 valence electrons. The number of hydrogen-bond acceptors (Lipinski definition) is 4. The Labute approximate surface area is 116 Å². The van der Waals surface area contributed by atoms with Gasteiger partial charge in [-0.1, -0.05) is 19.1 Å². The van der Waals surface area contributed by atoms with Crippen molar-refractivity contribution in [2.45, 2.75) is 13.3 Å². The molecule has 0 fully saturated rings. The number of benzene rings is 1. The first-order chi connectivity index (χ1) is 9.61. The highest BCUT2D eigenvalue weighted by Crippen LogP contribution is 2.21. The molecule has 0 unspecified atom stereocenters. The molecule has 0 saturated heterocycles. The van der Waals surface area contributed by atoms with E-state index in [2.05, 4.69) is 10.2 Å². The minimum absolute atomic E-state index is 0.106. The van der Waals surface area contributed by atoms with Gasteiger partial charge in [-0.05, 0) is 24.6 Å². The predicted molar refractivity (Wildman–Crippen MR) is 77.1 cm³/mol. The Hall–Kier alpha value is -2.63. The summed E-state index contributed by atoms with van der Waals surface area (Å²) in [6, 6.07) is 8.89. The third-order valence-electron chi connectivity index (χ3n) is 2.70. The van der Waals surface area contributed by atoms with Crippen molar-refractivity contribution in [1.82, 2.24) is 10.2 Å². The van der Waals surface area contributed by atoms with Gasteiger partial charge in [0.05, 0.1) is 17.9 Å². The second kappa shape index (κ2) is 6.01. The highest BCUT2D eigenvalue weighted by molar-refractivity contribution is 5.95. The largest absolute Gasteiger partial charge is 0.494 e. The lowest BCUT2D eigenvalue weighted by Gasteiger charge is -2.07. The third-order valence-corrected chi connectivity index (χ3v) is 2.70. The SMILES string of the molecule is CCCOc1cccc(-c2cc(C(=N)N)c(=O)[nH]n2)c1. The number of amidine groups is 1. The molecule has 4 N–H and O–H groups in total. The van der Waals surface area contributed by atoms with Crippen molar-refractivity contribution in [1.29, 1.82) is 5.41 Å². The number of ether oxygens (including phenoxy) is 1. The Kier molecular flexibility index (Phi) is 4.14. The Balaban J connectivity index is 2.38. The van der Waals surface area contributed by atoms with E-state index in [1.807, 2.05) is 31.2 Å². The number of nitrogens with zero attached hydrogens (tertiary/aromatic N) is 1. The van der Waals surface area contributed by atoms with Gasteiger partial charge in [-0.15, -0.1) is 0 Å². The van der Waals surface area contributed by atoms with Gasteiger partial charge in [0, 0.05) is 5.56 Å². The lowest BCUT2D eigenvalue weighted by Crippen LogP contribution is -2.24. The molecule has 6 heteroatoms. The molecule has 6 nitrogen and oxygen atoms in total. The van der Waals surface area contributed by atoms with E-state index in [1.54, 1.807) is 0 Å². The Morgan fingerprint density at radius 2 is 2.25 bits per heavy atom. The summed E-state index contributed by atoms with van der Waals surface area (Å²) < 4.78 is 5.55. The minimum Gasteiger partial charge on any atom is -0.494 e. The van der Waals surface area contributed by atoms with E-state index in [0.717, 1.165) is 17.7 Å². The van der Waals surface area contributed by atoms with Crippen LogP contribution in [0.4, 0.5) is 0 Å². The van der Waals surface area contributed by atoms with Crippen molar-refractivity contribution in [2.75, 3.05) is 6.61 Å². The van der Waals surface area contributed by atoms with Crippen LogP contribution in [-0.2, 0) is 0 Å². The second-order valence-electron chi connectivity index (χ2n) is 4.29. The maximum atomic E-state index is 11.5. The van der Waals surface area contributed by atoms with Crippen LogP contribution in [0.3, 0.4) is 0 Å². The van der Waals surface area contributed by atoms with Crippen molar-refractivity contribution >= 4 is 5.84 Å². The molecule has 0 amide bonds. The first kappa shape index (κ1) is 13.8. The molecule has 0 aliphatic heterocycles. The number of rotatable bonds is 5. The van der Waals surface area contributed by atoms with Gasteiger partial charge >= 0.3 is 0 Å². The van der Waals surface area contributed by atoms with Crippen LogP contribution in [0.5, 0.6) is 5.75 Å².